The maximum absolute atomic E-state index is 9.44. The summed E-state index contributed by atoms with van der Waals surface area (Å²) in [5.74, 6) is 0.243. The SMILES string of the molecule is OC1COCC1Cc1cscn1. The van der Waals surface area contributed by atoms with Gasteiger partial charge in [0.1, 0.15) is 0 Å². The number of aliphatic hydroxyl groups excluding tert-OH is 1. The molecule has 0 spiro atoms. The molecule has 0 saturated carbocycles. The summed E-state index contributed by atoms with van der Waals surface area (Å²) in [6.45, 7) is 1.15. The first-order chi connectivity index (χ1) is 5.86. The molecule has 1 aliphatic rings. The number of hydrogen-bond donors (Lipinski definition) is 1. The monoisotopic (exact) mass is 185 g/mol. The zero-order valence-corrected chi connectivity index (χ0v) is 7.46. The Kier molecular flexibility index (Phi) is 2.39. The first kappa shape index (κ1) is 8.16. The third-order valence-electron chi connectivity index (χ3n) is 2.12. The van der Waals surface area contributed by atoms with Gasteiger partial charge in [-0.05, 0) is 6.42 Å². The maximum atomic E-state index is 9.44. The molecular weight excluding hydrogens is 174 g/mol. The first-order valence-electron chi connectivity index (χ1n) is 3.99. The molecule has 12 heavy (non-hydrogen) atoms. The summed E-state index contributed by atoms with van der Waals surface area (Å²) in [7, 11) is 0. The number of rotatable bonds is 2. The molecule has 1 N–H and O–H groups in total. The second-order valence-corrected chi connectivity index (χ2v) is 3.77. The molecular formula is C8H11NO2S. The van der Waals surface area contributed by atoms with Gasteiger partial charge in [-0.2, -0.15) is 0 Å². The lowest BCUT2D eigenvalue weighted by Crippen LogP contribution is -2.19. The van der Waals surface area contributed by atoms with Gasteiger partial charge in [0.25, 0.3) is 0 Å². The van der Waals surface area contributed by atoms with Gasteiger partial charge in [-0.25, -0.2) is 4.98 Å². The van der Waals surface area contributed by atoms with Gasteiger partial charge in [0.2, 0.25) is 0 Å². The van der Waals surface area contributed by atoms with Crippen molar-refractivity contribution in [3.63, 3.8) is 0 Å². The Morgan fingerprint density at radius 2 is 2.58 bits per heavy atom. The molecule has 1 saturated heterocycles. The van der Waals surface area contributed by atoms with Gasteiger partial charge in [0.15, 0.2) is 0 Å². The van der Waals surface area contributed by atoms with Crippen LogP contribution in [0.4, 0.5) is 0 Å². The molecule has 0 bridgehead atoms. The van der Waals surface area contributed by atoms with Gasteiger partial charge in [-0.3, -0.25) is 0 Å². The van der Waals surface area contributed by atoms with Crippen molar-refractivity contribution in [2.24, 2.45) is 5.92 Å². The van der Waals surface area contributed by atoms with E-state index >= 15 is 0 Å². The zero-order valence-electron chi connectivity index (χ0n) is 6.64. The van der Waals surface area contributed by atoms with E-state index in [1.807, 2.05) is 10.9 Å². The van der Waals surface area contributed by atoms with Gasteiger partial charge < -0.3 is 9.84 Å². The van der Waals surface area contributed by atoms with E-state index in [0.29, 0.717) is 13.2 Å². The second-order valence-electron chi connectivity index (χ2n) is 3.05. The number of nitrogens with zero attached hydrogens (tertiary/aromatic N) is 1. The van der Waals surface area contributed by atoms with Crippen molar-refractivity contribution >= 4 is 11.3 Å². The predicted octanol–water partition coefficient (Wildman–Crippen LogP) is 0.693. The minimum atomic E-state index is -0.299. The zero-order chi connectivity index (χ0) is 8.39. The van der Waals surface area contributed by atoms with E-state index in [4.69, 9.17) is 4.74 Å². The largest absolute Gasteiger partial charge is 0.390 e. The Balaban J connectivity index is 1.95. The highest BCUT2D eigenvalue weighted by Gasteiger charge is 2.26. The highest BCUT2D eigenvalue weighted by molar-refractivity contribution is 7.07. The molecule has 1 aliphatic heterocycles. The van der Waals surface area contributed by atoms with Crippen LogP contribution in [-0.4, -0.2) is 29.4 Å². The van der Waals surface area contributed by atoms with Crippen molar-refractivity contribution in [3.8, 4) is 0 Å². The minimum absolute atomic E-state index is 0.243. The molecule has 1 fully saturated rings. The van der Waals surface area contributed by atoms with Crippen LogP contribution in [0.2, 0.25) is 0 Å². The molecule has 1 aromatic rings. The number of aliphatic hydroxyl groups is 1. The van der Waals surface area contributed by atoms with Crippen LogP contribution < -0.4 is 0 Å². The summed E-state index contributed by atoms with van der Waals surface area (Å²) in [5, 5.41) is 11.5. The topological polar surface area (TPSA) is 42.4 Å². The lowest BCUT2D eigenvalue weighted by atomic mass is 10.0. The Bertz CT molecular complexity index is 237. The van der Waals surface area contributed by atoms with E-state index in [1.54, 1.807) is 11.3 Å². The van der Waals surface area contributed by atoms with Gasteiger partial charge in [0, 0.05) is 11.3 Å². The number of ether oxygens (including phenoxy) is 1. The third kappa shape index (κ3) is 1.65. The molecule has 0 radical (unpaired) electrons. The fourth-order valence-corrected chi connectivity index (χ4v) is 1.96. The predicted molar refractivity (Wildman–Crippen MR) is 46.1 cm³/mol. The molecule has 0 aromatic carbocycles. The van der Waals surface area contributed by atoms with Gasteiger partial charge >= 0.3 is 0 Å². The van der Waals surface area contributed by atoms with Gasteiger partial charge in [-0.1, -0.05) is 0 Å². The molecule has 1 aromatic heterocycles. The quantitative estimate of drug-likeness (QED) is 0.737. The highest BCUT2D eigenvalue weighted by atomic mass is 32.1. The van der Waals surface area contributed by atoms with Crippen LogP contribution in [0.3, 0.4) is 0 Å². The Hall–Kier alpha value is -0.450. The molecule has 4 heteroatoms. The van der Waals surface area contributed by atoms with Crippen LogP contribution in [0.1, 0.15) is 5.69 Å². The Labute approximate surface area is 75.0 Å². The van der Waals surface area contributed by atoms with Crippen LogP contribution in [0.25, 0.3) is 0 Å². The fourth-order valence-electron chi connectivity index (χ4n) is 1.39. The van der Waals surface area contributed by atoms with E-state index in [2.05, 4.69) is 4.98 Å². The van der Waals surface area contributed by atoms with E-state index in [1.165, 1.54) is 0 Å². The minimum Gasteiger partial charge on any atom is -0.390 e. The van der Waals surface area contributed by atoms with Crippen LogP contribution in [-0.2, 0) is 11.2 Å². The van der Waals surface area contributed by atoms with Gasteiger partial charge in [-0.15, -0.1) is 11.3 Å². The third-order valence-corrected chi connectivity index (χ3v) is 2.75. The Morgan fingerprint density at radius 1 is 1.67 bits per heavy atom. The van der Waals surface area contributed by atoms with E-state index in [9.17, 15) is 5.11 Å². The molecule has 66 valence electrons. The molecule has 2 heterocycles. The van der Waals surface area contributed by atoms with Crippen molar-refractivity contribution in [1.29, 1.82) is 0 Å². The Morgan fingerprint density at radius 3 is 3.17 bits per heavy atom. The number of hydrogen-bond acceptors (Lipinski definition) is 4. The number of thiazole rings is 1. The van der Waals surface area contributed by atoms with E-state index < -0.39 is 0 Å². The molecule has 0 amide bonds. The molecule has 3 nitrogen and oxygen atoms in total. The van der Waals surface area contributed by atoms with Crippen molar-refractivity contribution in [2.45, 2.75) is 12.5 Å². The van der Waals surface area contributed by atoms with E-state index in [-0.39, 0.29) is 12.0 Å². The van der Waals surface area contributed by atoms with Crippen molar-refractivity contribution in [1.82, 2.24) is 4.98 Å². The normalized spacial score (nSPS) is 29.4. The van der Waals surface area contributed by atoms with Crippen LogP contribution in [0.5, 0.6) is 0 Å². The summed E-state index contributed by atoms with van der Waals surface area (Å²) in [6, 6.07) is 0. The first-order valence-corrected chi connectivity index (χ1v) is 4.93. The molecule has 0 aliphatic carbocycles. The average Bonchev–Trinajstić information content (AvgIpc) is 2.65. The molecule has 2 rings (SSSR count). The molecule has 2 atom stereocenters. The summed E-state index contributed by atoms with van der Waals surface area (Å²) in [6.07, 6.45) is 0.539. The van der Waals surface area contributed by atoms with Crippen molar-refractivity contribution < 1.29 is 9.84 Å². The average molecular weight is 185 g/mol. The second kappa shape index (κ2) is 3.51. The lowest BCUT2D eigenvalue weighted by Gasteiger charge is -2.09. The lowest BCUT2D eigenvalue weighted by molar-refractivity contribution is 0.118. The highest BCUT2D eigenvalue weighted by Crippen LogP contribution is 2.18. The summed E-state index contributed by atoms with van der Waals surface area (Å²) in [5.41, 5.74) is 2.88. The van der Waals surface area contributed by atoms with Crippen LogP contribution in [0, 0.1) is 5.92 Å². The van der Waals surface area contributed by atoms with Crippen LogP contribution >= 0.6 is 11.3 Å². The summed E-state index contributed by atoms with van der Waals surface area (Å²) >= 11 is 1.59. The van der Waals surface area contributed by atoms with Crippen molar-refractivity contribution in [3.05, 3.63) is 16.6 Å². The summed E-state index contributed by atoms with van der Waals surface area (Å²) in [4.78, 5) is 4.17. The van der Waals surface area contributed by atoms with Crippen LogP contribution in [0.15, 0.2) is 10.9 Å². The van der Waals surface area contributed by atoms with E-state index in [0.717, 1.165) is 12.1 Å². The van der Waals surface area contributed by atoms with Crippen molar-refractivity contribution in [2.75, 3.05) is 13.2 Å². The smallest absolute Gasteiger partial charge is 0.0827 e. The maximum Gasteiger partial charge on any atom is 0.0827 e. The number of aromatic nitrogens is 1. The van der Waals surface area contributed by atoms with Gasteiger partial charge in [0.05, 0.1) is 30.5 Å². The summed E-state index contributed by atoms with van der Waals surface area (Å²) < 4.78 is 5.14. The fraction of sp³-hybridized carbons (Fsp3) is 0.625. The standard InChI is InChI=1S/C8H11NO2S/c10-8-3-11-2-6(8)1-7-4-12-5-9-7/h4-6,8,10H,1-3H2. The molecule has 2 unspecified atom stereocenters.